The molecule has 0 saturated carbocycles. The van der Waals surface area contributed by atoms with E-state index in [0.29, 0.717) is 13.0 Å². The van der Waals surface area contributed by atoms with Crippen molar-refractivity contribution in [3.05, 3.63) is 0 Å². The predicted molar refractivity (Wildman–Crippen MR) is 59.6 cm³/mol. The second-order valence-corrected chi connectivity index (χ2v) is 4.04. The summed E-state index contributed by atoms with van der Waals surface area (Å²) in [6.45, 7) is 5.43. The molecule has 0 unspecified atom stereocenters. The minimum atomic E-state index is 0.150. The van der Waals surface area contributed by atoms with E-state index in [0.717, 1.165) is 32.5 Å². The number of carbonyl (C=O) groups excluding carboxylic acids is 1. The van der Waals surface area contributed by atoms with Gasteiger partial charge < -0.3 is 15.3 Å². The summed E-state index contributed by atoms with van der Waals surface area (Å²) in [5.74, 6) is 0.399. The molecule has 1 atom stereocenters. The van der Waals surface area contributed by atoms with E-state index in [1.165, 1.54) is 0 Å². The molecule has 1 saturated heterocycles. The van der Waals surface area contributed by atoms with E-state index in [1.54, 1.807) is 0 Å². The third-order valence-electron chi connectivity index (χ3n) is 2.93. The zero-order chi connectivity index (χ0) is 11.1. The highest BCUT2D eigenvalue weighted by atomic mass is 16.3. The Morgan fingerprint density at radius 3 is 2.93 bits per heavy atom. The van der Waals surface area contributed by atoms with Gasteiger partial charge >= 0.3 is 0 Å². The molecule has 1 aliphatic rings. The molecule has 15 heavy (non-hydrogen) atoms. The zero-order valence-corrected chi connectivity index (χ0v) is 9.54. The second kappa shape index (κ2) is 6.80. The van der Waals surface area contributed by atoms with E-state index in [9.17, 15) is 4.79 Å². The van der Waals surface area contributed by atoms with Crippen molar-refractivity contribution >= 4 is 5.91 Å². The molecule has 1 fully saturated rings. The van der Waals surface area contributed by atoms with Crippen LogP contribution in [0, 0.1) is 5.92 Å². The number of hydrogen-bond acceptors (Lipinski definition) is 3. The molecule has 1 heterocycles. The third-order valence-corrected chi connectivity index (χ3v) is 2.93. The summed E-state index contributed by atoms with van der Waals surface area (Å²) >= 11 is 0. The molecular weight excluding hydrogens is 192 g/mol. The quantitative estimate of drug-likeness (QED) is 0.688. The maximum atomic E-state index is 12.0. The molecular formula is C11H22N2O2. The number of aliphatic hydroxyl groups is 1. The molecule has 1 amide bonds. The van der Waals surface area contributed by atoms with Gasteiger partial charge in [0.15, 0.2) is 0 Å². The highest BCUT2D eigenvalue weighted by Gasteiger charge is 2.24. The summed E-state index contributed by atoms with van der Waals surface area (Å²) in [5, 5.41) is 12.0. The van der Waals surface area contributed by atoms with Crippen LogP contribution in [0.5, 0.6) is 0 Å². The van der Waals surface area contributed by atoms with Gasteiger partial charge in [-0.2, -0.15) is 0 Å². The zero-order valence-electron chi connectivity index (χ0n) is 9.54. The molecule has 0 spiro atoms. The van der Waals surface area contributed by atoms with Crippen LogP contribution in [0.1, 0.15) is 26.2 Å². The Morgan fingerprint density at radius 1 is 1.60 bits per heavy atom. The fourth-order valence-corrected chi connectivity index (χ4v) is 2.01. The predicted octanol–water partition coefficient (Wildman–Crippen LogP) is 0.217. The molecule has 2 N–H and O–H groups in total. The van der Waals surface area contributed by atoms with Crippen molar-refractivity contribution in [2.24, 2.45) is 5.92 Å². The SMILES string of the molecule is CCN(CCCO)C(=O)[C@H]1CCCNC1. The lowest BCUT2D eigenvalue weighted by Gasteiger charge is -2.28. The van der Waals surface area contributed by atoms with Crippen LogP contribution in [-0.2, 0) is 4.79 Å². The number of aliphatic hydroxyl groups excluding tert-OH is 1. The minimum absolute atomic E-state index is 0.150. The van der Waals surface area contributed by atoms with Crippen LogP contribution in [-0.4, -0.2) is 48.7 Å². The van der Waals surface area contributed by atoms with Crippen molar-refractivity contribution in [2.75, 3.05) is 32.8 Å². The molecule has 4 heteroatoms. The Bertz CT molecular complexity index is 191. The van der Waals surface area contributed by atoms with E-state index < -0.39 is 0 Å². The van der Waals surface area contributed by atoms with Crippen LogP contribution in [0.3, 0.4) is 0 Å². The van der Waals surface area contributed by atoms with E-state index in [4.69, 9.17) is 5.11 Å². The van der Waals surface area contributed by atoms with Gasteiger partial charge in [-0.25, -0.2) is 0 Å². The van der Waals surface area contributed by atoms with Crippen molar-refractivity contribution < 1.29 is 9.90 Å². The van der Waals surface area contributed by atoms with Crippen molar-refractivity contribution in [3.63, 3.8) is 0 Å². The molecule has 88 valence electrons. The third kappa shape index (κ3) is 3.80. The molecule has 1 aliphatic heterocycles. The number of amides is 1. The van der Waals surface area contributed by atoms with Gasteiger partial charge in [-0.05, 0) is 32.7 Å². The standard InChI is InChI=1S/C11H22N2O2/c1-2-13(7-4-8-14)11(15)10-5-3-6-12-9-10/h10,12,14H,2-9H2,1H3/t10-/m0/s1. The Kier molecular flexibility index (Phi) is 5.65. The summed E-state index contributed by atoms with van der Waals surface area (Å²) in [7, 11) is 0. The van der Waals surface area contributed by atoms with E-state index in [1.807, 2.05) is 11.8 Å². The van der Waals surface area contributed by atoms with E-state index in [2.05, 4.69) is 5.32 Å². The molecule has 0 aromatic heterocycles. The Balaban J connectivity index is 2.40. The molecule has 1 rings (SSSR count). The van der Waals surface area contributed by atoms with Crippen LogP contribution in [0.2, 0.25) is 0 Å². The number of carbonyl (C=O) groups is 1. The monoisotopic (exact) mass is 214 g/mol. The Hall–Kier alpha value is -0.610. The second-order valence-electron chi connectivity index (χ2n) is 4.04. The van der Waals surface area contributed by atoms with Gasteiger partial charge in [0, 0.05) is 26.2 Å². The lowest BCUT2D eigenvalue weighted by atomic mass is 9.98. The first-order chi connectivity index (χ1) is 7.29. The first-order valence-corrected chi connectivity index (χ1v) is 5.90. The molecule has 0 aromatic rings. The first kappa shape index (κ1) is 12.5. The molecule has 0 aromatic carbocycles. The lowest BCUT2D eigenvalue weighted by molar-refractivity contribution is -0.136. The van der Waals surface area contributed by atoms with Crippen molar-refractivity contribution in [3.8, 4) is 0 Å². The summed E-state index contributed by atoms with van der Waals surface area (Å²) < 4.78 is 0. The number of nitrogens with zero attached hydrogens (tertiary/aromatic N) is 1. The molecule has 0 aliphatic carbocycles. The van der Waals surface area contributed by atoms with Crippen LogP contribution in [0.25, 0.3) is 0 Å². The summed E-state index contributed by atoms with van der Waals surface area (Å²) in [5.41, 5.74) is 0. The van der Waals surface area contributed by atoms with Gasteiger partial charge in [0.25, 0.3) is 0 Å². The summed E-state index contributed by atoms with van der Waals surface area (Å²) in [6, 6.07) is 0. The van der Waals surface area contributed by atoms with Crippen LogP contribution >= 0.6 is 0 Å². The van der Waals surface area contributed by atoms with Gasteiger partial charge in [-0.15, -0.1) is 0 Å². The van der Waals surface area contributed by atoms with Crippen LogP contribution < -0.4 is 5.32 Å². The lowest BCUT2D eigenvalue weighted by Crippen LogP contribution is -2.43. The highest BCUT2D eigenvalue weighted by Crippen LogP contribution is 2.13. The maximum Gasteiger partial charge on any atom is 0.226 e. The summed E-state index contributed by atoms with van der Waals surface area (Å²) in [6.07, 6.45) is 2.77. The van der Waals surface area contributed by atoms with Crippen LogP contribution in [0.4, 0.5) is 0 Å². The summed E-state index contributed by atoms with van der Waals surface area (Å²) in [4.78, 5) is 13.9. The minimum Gasteiger partial charge on any atom is -0.396 e. The normalized spacial score (nSPS) is 21.3. The van der Waals surface area contributed by atoms with Crippen molar-refractivity contribution in [1.29, 1.82) is 0 Å². The largest absolute Gasteiger partial charge is 0.396 e. The average molecular weight is 214 g/mol. The Labute approximate surface area is 91.6 Å². The number of rotatable bonds is 5. The van der Waals surface area contributed by atoms with E-state index >= 15 is 0 Å². The van der Waals surface area contributed by atoms with Crippen molar-refractivity contribution in [2.45, 2.75) is 26.2 Å². The number of nitrogens with one attached hydrogen (secondary N) is 1. The fraction of sp³-hybridized carbons (Fsp3) is 0.909. The van der Waals surface area contributed by atoms with E-state index in [-0.39, 0.29) is 18.4 Å². The van der Waals surface area contributed by atoms with Gasteiger partial charge in [-0.1, -0.05) is 0 Å². The molecule has 4 nitrogen and oxygen atoms in total. The first-order valence-electron chi connectivity index (χ1n) is 5.90. The maximum absolute atomic E-state index is 12.0. The van der Waals surface area contributed by atoms with Crippen LogP contribution in [0.15, 0.2) is 0 Å². The molecule has 0 bridgehead atoms. The van der Waals surface area contributed by atoms with Gasteiger partial charge in [0.1, 0.15) is 0 Å². The fourth-order valence-electron chi connectivity index (χ4n) is 2.01. The topological polar surface area (TPSA) is 52.6 Å². The van der Waals surface area contributed by atoms with Crippen molar-refractivity contribution in [1.82, 2.24) is 10.2 Å². The van der Waals surface area contributed by atoms with Gasteiger partial charge in [0.2, 0.25) is 5.91 Å². The number of hydrogen-bond donors (Lipinski definition) is 2. The van der Waals surface area contributed by atoms with Gasteiger partial charge in [-0.3, -0.25) is 4.79 Å². The smallest absolute Gasteiger partial charge is 0.226 e. The number of piperidine rings is 1. The average Bonchev–Trinajstić information content (AvgIpc) is 2.31. The highest BCUT2D eigenvalue weighted by molar-refractivity contribution is 5.79. The van der Waals surface area contributed by atoms with Gasteiger partial charge in [0.05, 0.1) is 5.92 Å². The Morgan fingerprint density at radius 2 is 2.40 bits per heavy atom. The molecule has 0 radical (unpaired) electrons.